The number of anilines is 1. The quantitative estimate of drug-likeness (QED) is 0.665. The molecular weight excluding hydrogens is 386 g/mol. The molecule has 128 valence electrons. The van der Waals surface area contributed by atoms with Crippen LogP contribution < -0.4 is 5.32 Å². The Labute approximate surface area is 152 Å². The SMILES string of the molecule is Cc1ccc(NC(=O)COC(=O)Cn2cnc3ccccc32)c(Br)c1. The second-order valence-electron chi connectivity index (χ2n) is 5.55. The molecular formula is C18H16BrN3O3. The predicted molar refractivity (Wildman–Crippen MR) is 98.2 cm³/mol. The van der Waals surface area contributed by atoms with Gasteiger partial charge < -0.3 is 14.6 Å². The molecule has 0 bridgehead atoms. The maximum atomic E-state index is 12.0. The molecule has 0 saturated heterocycles. The Morgan fingerprint density at radius 1 is 1.24 bits per heavy atom. The van der Waals surface area contributed by atoms with Gasteiger partial charge in [0.05, 0.1) is 23.0 Å². The monoisotopic (exact) mass is 401 g/mol. The zero-order valence-electron chi connectivity index (χ0n) is 13.5. The van der Waals surface area contributed by atoms with Crippen molar-refractivity contribution in [1.82, 2.24) is 9.55 Å². The van der Waals surface area contributed by atoms with Crippen LogP contribution in [0.2, 0.25) is 0 Å². The number of para-hydroxylation sites is 2. The summed E-state index contributed by atoms with van der Waals surface area (Å²) in [6.07, 6.45) is 1.58. The molecule has 3 aromatic rings. The van der Waals surface area contributed by atoms with Crippen LogP contribution in [-0.2, 0) is 20.9 Å². The number of ether oxygens (including phenoxy) is 1. The van der Waals surface area contributed by atoms with Gasteiger partial charge in [-0.05, 0) is 52.7 Å². The smallest absolute Gasteiger partial charge is 0.326 e. The van der Waals surface area contributed by atoms with Crippen LogP contribution in [0, 0.1) is 6.92 Å². The summed E-state index contributed by atoms with van der Waals surface area (Å²) in [5.41, 5.74) is 3.35. The van der Waals surface area contributed by atoms with E-state index in [4.69, 9.17) is 4.74 Å². The predicted octanol–water partition coefficient (Wildman–Crippen LogP) is 3.29. The van der Waals surface area contributed by atoms with Crippen LogP contribution in [0.5, 0.6) is 0 Å². The fraction of sp³-hybridized carbons (Fsp3) is 0.167. The van der Waals surface area contributed by atoms with Crippen molar-refractivity contribution < 1.29 is 14.3 Å². The lowest BCUT2D eigenvalue weighted by Crippen LogP contribution is -2.23. The number of carbonyl (C=O) groups is 2. The third-order valence-electron chi connectivity index (χ3n) is 3.59. The van der Waals surface area contributed by atoms with Crippen molar-refractivity contribution in [2.75, 3.05) is 11.9 Å². The topological polar surface area (TPSA) is 73.2 Å². The summed E-state index contributed by atoms with van der Waals surface area (Å²) in [6, 6.07) is 13.1. The molecule has 0 aliphatic rings. The molecule has 0 atom stereocenters. The number of imidazole rings is 1. The van der Waals surface area contributed by atoms with Gasteiger partial charge in [-0.25, -0.2) is 4.98 Å². The van der Waals surface area contributed by atoms with E-state index in [0.29, 0.717) is 5.69 Å². The van der Waals surface area contributed by atoms with E-state index in [-0.39, 0.29) is 13.2 Å². The van der Waals surface area contributed by atoms with E-state index in [1.807, 2.05) is 43.3 Å². The van der Waals surface area contributed by atoms with Gasteiger partial charge in [0, 0.05) is 4.47 Å². The summed E-state index contributed by atoms with van der Waals surface area (Å²) >= 11 is 3.39. The first-order valence-electron chi connectivity index (χ1n) is 7.64. The van der Waals surface area contributed by atoms with Crippen LogP contribution in [-0.4, -0.2) is 28.0 Å². The number of aryl methyl sites for hydroxylation is 1. The van der Waals surface area contributed by atoms with Crippen LogP contribution in [0.1, 0.15) is 5.56 Å². The maximum absolute atomic E-state index is 12.0. The molecule has 1 amide bonds. The molecule has 1 N–H and O–H groups in total. The van der Waals surface area contributed by atoms with E-state index in [1.54, 1.807) is 17.0 Å². The van der Waals surface area contributed by atoms with Crippen molar-refractivity contribution in [2.45, 2.75) is 13.5 Å². The highest BCUT2D eigenvalue weighted by atomic mass is 79.9. The van der Waals surface area contributed by atoms with Gasteiger partial charge in [0.25, 0.3) is 5.91 Å². The number of halogens is 1. The van der Waals surface area contributed by atoms with Crippen molar-refractivity contribution in [3.8, 4) is 0 Å². The van der Waals surface area contributed by atoms with Gasteiger partial charge in [-0.15, -0.1) is 0 Å². The molecule has 0 radical (unpaired) electrons. The van der Waals surface area contributed by atoms with Crippen molar-refractivity contribution in [1.29, 1.82) is 0 Å². The van der Waals surface area contributed by atoms with Crippen LogP contribution >= 0.6 is 15.9 Å². The van der Waals surface area contributed by atoms with Gasteiger partial charge in [-0.1, -0.05) is 18.2 Å². The van der Waals surface area contributed by atoms with Crippen molar-refractivity contribution >= 4 is 44.5 Å². The lowest BCUT2D eigenvalue weighted by atomic mass is 10.2. The highest BCUT2D eigenvalue weighted by Gasteiger charge is 2.11. The van der Waals surface area contributed by atoms with Crippen LogP contribution in [0.15, 0.2) is 53.3 Å². The highest BCUT2D eigenvalue weighted by Crippen LogP contribution is 2.23. The zero-order valence-corrected chi connectivity index (χ0v) is 15.1. The first-order chi connectivity index (χ1) is 12.0. The Balaban J connectivity index is 1.54. The molecule has 0 unspecified atom stereocenters. The van der Waals surface area contributed by atoms with E-state index in [1.165, 1.54) is 0 Å². The Morgan fingerprint density at radius 2 is 2.04 bits per heavy atom. The van der Waals surface area contributed by atoms with E-state index >= 15 is 0 Å². The highest BCUT2D eigenvalue weighted by molar-refractivity contribution is 9.10. The number of carbonyl (C=O) groups excluding carboxylic acids is 2. The lowest BCUT2D eigenvalue weighted by molar-refractivity contribution is -0.147. The lowest BCUT2D eigenvalue weighted by Gasteiger charge is -2.09. The third kappa shape index (κ3) is 4.24. The first-order valence-corrected chi connectivity index (χ1v) is 8.44. The number of fused-ring (bicyclic) bond motifs is 1. The average molecular weight is 402 g/mol. The molecule has 1 aromatic heterocycles. The van der Waals surface area contributed by atoms with Crippen molar-refractivity contribution in [2.24, 2.45) is 0 Å². The van der Waals surface area contributed by atoms with Crippen LogP contribution in [0.4, 0.5) is 5.69 Å². The number of esters is 1. The summed E-state index contributed by atoms with van der Waals surface area (Å²) in [5, 5.41) is 2.70. The van der Waals surface area contributed by atoms with Crippen LogP contribution in [0.25, 0.3) is 11.0 Å². The van der Waals surface area contributed by atoms with Gasteiger partial charge in [0.1, 0.15) is 6.54 Å². The number of nitrogens with zero attached hydrogens (tertiary/aromatic N) is 2. The summed E-state index contributed by atoms with van der Waals surface area (Å²) in [7, 11) is 0. The molecule has 6 nitrogen and oxygen atoms in total. The number of aromatic nitrogens is 2. The van der Waals surface area contributed by atoms with Gasteiger partial charge in [-0.3, -0.25) is 9.59 Å². The molecule has 0 fully saturated rings. The van der Waals surface area contributed by atoms with Gasteiger partial charge in [0.2, 0.25) is 0 Å². The third-order valence-corrected chi connectivity index (χ3v) is 4.25. The van der Waals surface area contributed by atoms with Crippen molar-refractivity contribution in [3.63, 3.8) is 0 Å². The van der Waals surface area contributed by atoms with E-state index in [2.05, 4.69) is 26.2 Å². The molecule has 0 saturated carbocycles. The average Bonchev–Trinajstić information content (AvgIpc) is 2.99. The number of nitrogens with one attached hydrogen (secondary N) is 1. The van der Waals surface area contributed by atoms with Crippen LogP contribution in [0.3, 0.4) is 0 Å². The van der Waals surface area contributed by atoms with E-state index in [0.717, 1.165) is 21.1 Å². The minimum atomic E-state index is -0.499. The second kappa shape index (κ2) is 7.48. The fourth-order valence-electron chi connectivity index (χ4n) is 2.37. The van der Waals surface area contributed by atoms with Gasteiger partial charge >= 0.3 is 5.97 Å². The summed E-state index contributed by atoms with van der Waals surface area (Å²) in [6.45, 7) is 1.62. The summed E-state index contributed by atoms with van der Waals surface area (Å²) in [5.74, 6) is -0.894. The largest absolute Gasteiger partial charge is 0.454 e. The minimum Gasteiger partial charge on any atom is -0.454 e. The number of amides is 1. The maximum Gasteiger partial charge on any atom is 0.326 e. The zero-order chi connectivity index (χ0) is 17.8. The molecule has 0 aliphatic heterocycles. The fourth-order valence-corrected chi connectivity index (χ4v) is 2.97. The number of rotatable bonds is 5. The normalized spacial score (nSPS) is 10.6. The number of hydrogen-bond acceptors (Lipinski definition) is 4. The minimum absolute atomic E-state index is 0.00200. The van der Waals surface area contributed by atoms with Crippen molar-refractivity contribution in [3.05, 3.63) is 58.8 Å². The number of hydrogen-bond donors (Lipinski definition) is 1. The Morgan fingerprint density at radius 3 is 2.84 bits per heavy atom. The van der Waals surface area contributed by atoms with E-state index in [9.17, 15) is 9.59 Å². The first kappa shape index (κ1) is 17.2. The Hall–Kier alpha value is -2.67. The number of benzene rings is 2. The molecule has 2 aromatic carbocycles. The summed E-state index contributed by atoms with van der Waals surface area (Å²) in [4.78, 5) is 28.1. The molecule has 25 heavy (non-hydrogen) atoms. The molecule has 3 rings (SSSR count). The molecule has 0 aliphatic carbocycles. The van der Waals surface area contributed by atoms with Gasteiger partial charge in [-0.2, -0.15) is 0 Å². The molecule has 1 heterocycles. The molecule has 0 spiro atoms. The Bertz CT molecular complexity index is 936. The summed E-state index contributed by atoms with van der Waals surface area (Å²) < 4.78 is 7.51. The Kier molecular flexibility index (Phi) is 5.14. The van der Waals surface area contributed by atoms with Gasteiger partial charge in [0.15, 0.2) is 6.61 Å². The van der Waals surface area contributed by atoms with E-state index < -0.39 is 11.9 Å². The second-order valence-corrected chi connectivity index (χ2v) is 6.41. The standard InChI is InChI=1S/C18H16BrN3O3/c1-12-6-7-14(13(19)8-12)21-17(23)10-25-18(24)9-22-11-20-15-4-2-3-5-16(15)22/h2-8,11H,9-10H2,1H3,(H,21,23). The molecule has 7 heteroatoms.